The van der Waals surface area contributed by atoms with Crippen molar-refractivity contribution < 1.29 is 58.9 Å². The van der Waals surface area contributed by atoms with E-state index in [1.165, 1.54) is 54.4 Å². The van der Waals surface area contributed by atoms with Crippen LogP contribution in [0.15, 0.2) is 34.9 Å². The van der Waals surface area contributed by atoms with Crippen LogP contribution in [0.25, 0.3) is 0 Å². The van der Waals surface area contributed by atoms with Crippen LogP contribution in [0, 0.1) is 19.9 Å². The number of halogens is 3. The van der Waals surface area contributed by atoms with Gasteiger partial charge in [0.2, 0.25) is 0 Å². The van der Waals surface area contributed by atoms with Crippen LogP contribution < -0.4 is 42.4 Å². The Bertz CT molecular complexity index is 732. The van der Waals surface area contributed by atoms with Gasteiger partial charge in [-0.05, 0) is 19.4 Å². The standard InChI is InChI=1S/C24H35Si.3ClH.Ti/c1-17-13-18(2)15-23(14-17)25(7,22-11-9-8-10-12-22)24(6)16-19(3)20(4)21(24)5;;;;/h13-15,22H,8-12H2,1-7H3;3*1H;/q-1;;;;+4/p-3. The summed E-state index contributed by atoms with van der Waals surface area (Å²) in [4.78, 5) is 0. The first-order chi connectivity index (χ1) is 11.7. The summed E-state index contributed by atoms with van der Waals surface area (Å²) in [5, 5.41) is 1.79. The largest absolute Gasteiger partial charge is 4.00 e. The molecule has 160 valence electrons. The second kappa shape index (κ2) is 11.9. The minimum Gasteiger partial charge on any atom is -1.00 e. The fourth-order valence-corrected chi connectivity index (χ4v) is 11.5. The van der Waals surface area contributed by atoms with Crippen molar-refractivity contribution >= 4 is 13.3 Å². The van der Waals surface area contributed by atoms with Crippen LogP contribution in [0.2, 0.25) is 17.1 Å². The first-order valence-electron chi connectivity index (χ1n) is 10.1. The third kappa shape index (κ3) is 5.47. The van der Waals surface area contributed by atoms with Gasteiger partial charge in [0.05, 0.1) is 8.07 Å². The molecule has 0 N–H and O–H groups in total. The molecule has 2 unspecified atom stereocenters. The van der Waals surface area contributed by atoms with E-state index in [1.54, 1.807) is 10.8 Å². The van der Waals surface area contributed by atoms with Crippen molar-refractivity contribution in [3.8, 4) is 0 Å². The number of rotatable bonds is 3. The maximum absolute atomic E-state index is 4.01. The molecule has 0 heterocycles. The smallest absolute Gasteiger partial charge is 1.00 e. The summed E-state index contributed by atoms with van der Waals surface area (Å²) in [7, 11) is -1.82. The summed E-state index contributed by atoms with van der Waals surface area (Å²) in [6.07, 6.45) is 11.1. The Kier molecular flexibility index (Phi) is 13.0. The van der Waals surface area contributed by atoms with Gasteiger partial charge in [-0.25, -0.2) is 5.57 Å². The van der Waals surface area contributed by atoms with Gasteiger partial charge in [0.25, 0.3) is 0 Å². The molecule has 3 rings (SSSR count). The van der Waals surface area contributed by atoms with Crippen molar-refractivity contribution in [1.29, 1.82) is 0 Å². The molecule has 2 aliphatic rings. The molecular weight excluding hydrogens is 471 g/mol. The Morgan fingerprint density at radius 3 is 1.76 bits per heavy atom. The predicted molar refractivity (Wildman–Crippen MR) is 113 cm³/mol. The molecule has 0 spiro atoms. The summed E-state index contributed by atoms with van der Waals surface area (Å²) < 4.78 is 0. The number of hydrogen-bond donors (Lipinski definition) is 0. The first-order valence-corrected chi connectivity index (χ1v) is 12.7. The second-order valence-electron chi connectivity index (χ2n) is 9.04. The predicted octanol–water partition coefficient (Wildman–Crippen LogP) is -2.21. The van der Waals surface area contributed by atoms with Crippen LogP contribution in [-0.4, -0.2) is 8.07 Å². The van der Waals surface area contributed by atoms with Gasteiger partial charge in [0.15, 0.2) is 0 Å². The van der Waals surface area contributed by atoms with Crippen LogP contribution in [0.5, 0.6) is 0 Å². The van der Waals surface area contributed by atoms with Crippen molar-refractivity contribution in [2.24, 2.45) is 0 Å². The van der Waals surface area contributed by atoms with Crippen LogP contribution in [0.4, 0.5) is 0 Å². The molecule has 0 saturated heterocycles. The van der Waals surface area contributed by atoms with Gasteiger partial charge in [-0.2, -0.15) is 11.1 Å². The third-order valence-corrected chi connectivity index (χ3v) is 13.9. The van der Waals surface area contributed by atoms with Gasteiger partial charge in [-0.1, -0.05) is 99.0 Å². The Morgan fingerprint density at radius 1 is 0.862 bits per heavy atom. The van der Waals surface area contributed by atoms with Crippen LogP contribution in [0.1, 0.15) is 70.9 Å². The van der Waals surface area contributed by atoms with Gasteiger partial charge in [0.1, 0.15) is 0 Å². The molecule has 1 fully saturated rings. The molecule has 0 aromatic heterocycles. The van der Waals surface area contributed by atoms with Crippen molar-refractivity contribution in [2.75, 3.05) is 0 Å². The second-order valence-corrected chi connectivity index (χ2v) is 13.8. The van der Waals surface area contributed by atoms with E-state index in [1.807, 2.05) is 0 Å². The van der Waals surface area contributed by atoms with Crippen molar-refractivity contribution in [1.82, 2.24) is 0 Å². The molecule has 29 heavy (non-hydrogen) atoms. The van der Waals surface area contributed by atoms with Crippen molar-refractivity contribution in [3.05, 3.63) is 52.1 Å². The average molecular weight is 506 g/mol. The summed E-state index contributed by atoms with van der Waals surface area (Å²) in [6.45, 7) is 16.7. The Morgan fingerprint density at radius 2 is 1.34 bits per heavy atom. The minimum atomic E-state index is -1.82. The monoisotopic (exact) mass is 504 g/mol. The Balaban J connectivity index is 0. The normalized spacial score (nSPS) is 23.6. The fourth-order valence-electron chi connectivity index (χ4n) is 5.63. The molecule has 1 aromatic carbocycles. The molecule has 0 amide bonds. The zero-order valence-electron chi connectivity index (χ0n) is 19.0. The van der Waals surface area contributed by atoms with E-state index in [0.717, 1.165) is 5.54 Å². The molecule has 0 aliphatic heterocycles. The van der Waals surface area contributed by atoms with E-state index in [-0.39, 0.29) is 64.0 Å². The van der Waals surface area contributed by atoms with E-state index in [9.17, 15) is 0 Å². The maximum atomic E-state index is 4.01. The summed E-state index contributed by atoms with van der Waals surface area (Å²) in [5.74, 6) is 0. The third-order valence-electron chi connectivity index (χ3n) is 7.59. The van der Waals surface area contributed by atoms with E-state index in [4.69, 9.17) is 0 Å². The quantitative estimate of drug-likeness (QED) is 0.323. The molecule has 5 heteroatoms. The molecule has 0 nitrogen and oxygen atoms in total. The number of benzene rings is 1. The Labute approximate surface area is 213 Å². The van der Waals surface area contributed by atoms with Crippen molar-refractivity contribution in [3.63, 3.8) is 0 Å². The Hall–Kier alpha value is 0.501. The zero-order chi connectivity index (χ0) is 18.4. The van der Waals surface area contributed by atoms with Gasteiger partial charge < -0.3 is 37.2 Å². The SMILES string of the molecule is CC1=[C-]C(C)([Si](C)(c2cc(C)cc(C)c2)C2CCCCC2)C(C)=C1C.[Cl-].[Cl-].[Cl-].[Ti+4]. The van der Waals surface area contributed by atoms with Crippen LogP contribution in [-0.2, 0) is 21.7 Å². The summed E-state index contributed by atoms with van der Waals surface area (Å²) >= 11 is 0. The number of hydrogen-bond acceptors (Lipinski definition) is 0. The van der Waals surface area contributed by atoms with E-state index >= 15 is 0 Å². The van der Waals surface area contributed by atoms with E-state index in [2.05, 4.69) is 72.4 Å². The molecule has 2 atom stereocenters. The maximum Gasteiger partial charge on any atom is 4.00 e. The number of aryl methyl sites for hydroxylation is 2. The van der Waals surface area contributed by atoms with E-state index in [0.29, 0.717) is 0 Å². The molecule has 1 saturated carbocycles. The fraction of sp³-hybridized carbons (Fsp3) is 0.583. The van der Waals surface area contributed by atoms with Gasteiger partial charge in [0, 0.05) is 0 Å². The molecule has 0 bridgehead atoms. The summed E-state index contributed by atoms with van der Waals surface area (Å²) in [6, 6.07) is 7.35. The summed E-state index contributed by atoms with van der Waals surface area (Å²) in [5.41, 5.74) is 8.17. The molecular formula is C24H35Cl3SiTi. The van der Waals surface area contributed by atoms with Gasteiger partial charge in [-0.3, -0.25) is 6.08 Å². The minimum absolute atomic E-state index is 0. The molecule has 1 aromatic rings. The van der Waals surface area contributed by atoms with E-state index < -0.39 is 8.07 Å². The molecule has 0 radical (unpaired) electrons. The average Bonchev–Trinajstić information content (AvgIpc) is 2.78. The zero-order valence-corrected chi connectivity index (χ0v) is 23.8. The topological polar surface area (TPSA) is 0 Å². The van der Waals surface area contributed by atoms with Crippen LogP contribution in [0.3, 0.4) is 0 Å². The van der Waals surface area contributed by atoms with Gasteiger partial charge >= 0.3 is 21.7 Å². The molecule has 2 aliphatic carbocycles. The van der Waals surface area contributed by atoms with Crippen LogP contribution >= 0.6 is 0 Å². The van der Waals surface area contributed by atoms with Crippen molar-refractivity contribution in [2.45, 2.75) is 90.8 Å². The van der Waals surface area contributed by atoms with Gasteiger partial charge in [-0.15, -0.1) is 6.92 Å². The number of allylic oxidation sites excluding steroid dienone is 4. The first kappa shape index (κ1) is 31.7.